The lowest BCUT2D eigenvalue weighted by molar-refractivity contribution is -0.901. The number of carbonyl (C=O) groups excluding carboxylic acids is 1. The van der Waals surface area contributed by atoms with Gasteiger partial charge in [-0.15, -0.1) is 0 Å². The topological polar surface area (TPSA) is 51.4 Å². The highest BCUT2D eigenvalue weighted by molar-refractivity contribution is 6.33. The first-order valence-electron chi connectivity index (χ1n) is 10.5. The third kappa shape index (κ3) is 4.74. The first-order chi connectivity index (χ1) is 14.5. The molecule has 0 spiro atoms. The average molecular weight is 424 g/mol. The number of aromatic nitrogens is 2. The summed E-state index contributed by atoms with van der Waals surface area (Å²) in [4.78, 5) is 14.4. The summed E-state index contributed by atoms with van der Waals surface area (Å²) in [5, 5.41) is 8.09. The summed E-state index contributed by atoms with van der Waals surface area (Å²) in [7, 11) is 0. The van der Waals surface area contributed by atoms with E-state index in [4.69, 9.17) is 11.6 Å². The SMILES string of the molecule is Cc1ccc(Cn2nc(C)c(C(=O)N[C@@H]3CC[NH+](Cc4ccccc4)C3)c2Cl)cc1. The van der Waals surface area contributed by atoms with Crippen molar-refractivity contribution in [3.05, 3.63) is 87.7 Å². The molecule has 1 amide bonds. The number of aryl methyl sites for hydroxylation is 2. The second kappa shape index (κ2) is 9.02. The van der Waals surface area contributed by atoms with E-state index in [1.807, 2.05) is 13.0 Å². The van der Waals surface area contributed by atoms with Crippen molar-refractivity contribution in [2.75, 3.05) is 13.1 Å². The molecule has 1 fully saturated rings. The van der Waals surface area contributed by atoms with E-state index in [1.165, 1.54) is 16.0 Å². The zero-order chi connectivity index (χ0) is 21.1. The van der Waals surface area contributed by atoms with Crippen molar-refractivity contribution < 1.29 is 9.69 Å². The lowest BCUT2D eigenvalue weighted by atomic mass is 10.1. The number of benzene rings is 2. The molecular formula is C24H28ClN4O+. The molecule has 1 saturated heterocycles. The van der Waals surface area contributed by atoms with E-state index < -0.39 is 0 Å². The van der Waals surface area contributed by atoms with E-state index in [2.05, 4.69) is 65.9 Å². The summed E-state index contributed by atoms with van der Waals surface area (Å²) in [6.07, 6.45) is 0.974. The Bertz CT molecular complexity index is 1010. The van der Waals surface area contributed by atoms with Crippen LogP contribution >= 0.6 is 11.6 Å². The number of halogens is 1. The summed E-state index contributed by atoms with van der Waals surface area (Å²) in [6.45, 7) is 7.41. The third-order valence-electron chi connectivity index (χ3n) is 5.76. The number of quaternary nitrogens is 1. The normalized spacial score (nSPS) is 18.5. The van der Waals surface area contributed by atoms with Crippen LogP contribution in [-0.4, -0.2) is 34.8 Å². The second-order valence-corrected chi connectivity index (χ2v) is 8.58. The Kier molecular flexibility index (Phi) is 6.21. The van der Waals surface area contributed by atoms with Crippen LogP contribution in [0, 0.1) is 13.8 Å². The Morgan fingerprint density at radius 3 is 2.60 bits per heavy atom. The van der Waals surface area contributed by atoms with Gasteiger partial charge in [0.2, 0.25) is 0 Å². The van der Waals surface area contributed by atoms with Gasteiger partial charge in [-0.1, -0.05) is 71.8 Å². The third-order valence-corrected chi connectivity index (χ3v) is 6.14. The maximum atomic E-state index is 13.0. The van der Waals surface area contributed by atoms with Gasteiger partial charge in [0.25, 0.3) is 5.91 Å². The van der Waals surface area contributed by atoms with Gasteiger partial charge in [0, 0.05) is 12.0 Å². The number of amides is 1. The summed E-state index contributed by atoms with van der Waals surface area (Å²) >= 11 is 6.56. The van der Waals surface area contributed by atoms with Gasteiger partial charge < -0.3 is 10.2 Å². The molecule has 2 N–H and O–H groups in total. The van der Waals surface area contributed by atoms with Crippen LogP contribution in [0.4, 0.5) is 0 Å². The molecule has 6 heteroatoms. The quantitative estimate of drug-likeness (QED) is 0.640. The van der Waals surface area contributed by atoms with Crippen LogP contribution in [0.1, 0.15) is 39.2 Å². The van der Waals surface area contributed by atoms with Gasteiger partial charge in [0.05, 0.1) is 36.9 Å². The van der Waals surface area contributed by atoms with Crippen molar-refractivity contribution in [3.8, 4) is 0 Å². The van der Waals surface area contributed by atoms with Crippen molar-refractivity contribution in [1.29, 1.82) is 0 Å². The Morgan fingerprint density at radius 2 is 1.87 bits per heavy atom. The predicted molar refractivity (Wildman–Crippen MR) is 119 cm³/mol. The highest BCUT2D eigenvalue weighted by Crippen LogP contribution is 2.21. The monoisotopic (exact) mass is 423 g/mol. The summed E-state index contributed by atoms with van der Waals surface area (Å²) in [5.74, 6) is -0.126. The molecule has 0 bridgehead atoms. The lowest BCUT2D eigenvalue weighted by Crippen LogP contribution is -3.09. The van der Waals surface area contributed by atoms with Crippen molar-refractivity contribution in [2.45, 2.75) is 39.4 Å². The molecule has 2 atom stereocenters. The van der Waals surface area contributed by atoms with Gasteiger partial charge in [-0.25, -0.2) is 4.68 Å². The largest absolute Gasteiger partial charge is 0.343 e. The van der Waals surface area contributed by atoms with Crippen LogP contribution in [-0.2, 0) is 13.1 Å². The molecule has 1 unspecified atom stereocenters. The molecule has 0 aliphatic carbocycles. The number of hydrogen-bond donors (Lipinski definition) is 2. The number of carbonyl (C=O) groups is 1. The van der Waals surface area contributed by atoms with Crippen molar-refractivity contribution in [2.24, 2.45) is 0 Å². The Hall–Kier alpha value is -2.63. The number of nitrogens with zero attached hydrogens (tertiary/aromatic N) is 2. The van der Waals surface area contributed by atoms with Crippen molar-refractivity contribution in [3.63, 3.8) is 0 Å². The van der Waals surface area contributed by atoms with Gasteiger partial charge in [0.15, 0.2) is 0 Å². The van der Waals surface area contributed by atoms with E-state index >= 15 is 0 Å². The summed E-state index contributed by atoms with van der Waals surface area (Å²) in [6, 6.07) is 18.9. The van der Waals surface area contributed by atoms with Crippen molar-refractivity contribution in [1.82, 2.24) is 15.1 Å². The molecule has 30 heavy (non-hydrogen) atoms. The van der Waals surface area contributed by atoms with Crippen molar-refractivity contribution >= 4 is 17.5 Å². The van der Waals surface area contributed by atoms with E-state index in [1.54, 1.807) is 4.68 Å². The summed E-state index contributed by atoms with van der Waals surface area (Å²) < 4.78 is 1.71. The minimum absolute atomic E-state index is 0.126. The lowest BCUT2D eigenvalue weighted by Gasteiger charge is -2.14. The van der Waals surface area contributed by atoms with E-state index in [0.29, 0.717) is 23.0 Å². The van der Waals surface area contributed by atoms with E-state index in [0.717, 1.165) is 31.6 Å². The van der Waals surface area contributed by atoms with E-state index in [-0.39, 0.29) is 11.9 Å². The molecular weight excluding hydrogens is 396 g/mol. The Morgan fingerprint density at radius 1 is 1.13 bits per heavy atom. The van der Waals surface area contributed by atoms with Gasteiger partial charge in [-0.2, -0.15) is 5.10 Å². The molecule has 0 radical (unpaired) electrons. The van der Waals surface area contributed by atoms with Crippen LogP contribution in [0.25, 0.3) is 0 Å². The fourth-order valence-corrected chi connectivity index (χ4v) is 4.46. The van der Waals surface area contributed by atoms with Gasteiger partial charge in [-0.3, -0.25) is 4.79 Å². The van der Waals surface area contributed by atoms with Crippen LogP contribution in [0.2, 0.25) is 5.15 Å². The fourth-order valence-electron chi connectivity index (χ4n) is 4.14. The molecule has 2 heterocycles. The molecule has 4 rings (SSSR count). The molecule has 0 saturated carbocycles. The van der Waals surface area contributed by atoms with Crippen LogP contribution in [0.15, 0.2) is 54.6 Å². The van der Waals surface area contributed by atoms with Gasteiger partial charge in [0.1, 0.15) is 11.7 Å². The molecule has 1 aliphatic heterocycles. The average Bonchev–Trinajstić information content (AvgIpc) is 3.27. The predicted octanol–water partition coefficient (Wildman–Crippen LogP) is 2.79. The molecule has 5 nitrogen and oxygen atoms in total. The summed E-state index contributed by atoms with van der Waals surface area (Å²) in [5.41, 5.74) is 4.79. The fraction of sp³-hybridized carbons (Fsp3) is 0.333. The first-order valence-corrected chi connectivity index (χ1v) is 10.8. The first kappa shape index (κ1) is 20.6. The molecule has 1 aliphatic rings. The molecule has 2 aromatic carbocycles. The Balaban J connectivity index is 1.39. The van der Waals surface area contributed by atoms with Gasteiger partial charge in [-0.05, 0) is 19.4 Å². The smallest absolute Gasteiger partial charge is 0.256 e. The second-order valence-electron chi connectivity index (χ2n) is 8.22. The van der Waals surface area contributed by atoms with Gasteiger partial charge >= 0.3 is 0 Å². The van der Waals surface area contributed by atoms with Crippen LogP contribution in [0.5, 0.6) is 0 Å². The Labute approximate surface area is 182 Å². The van der Waals surface area contributed by atoms with E-state index in [9.17, 15) is 4.79 Å². The maximum Gasteiger partial charge on any atom is 0.256 e. The number of likely N-dealkylation sites (tertiary alicyclic amines) is 1. The minimum Gasteiger partial charge on any atom is -0.343 e. The molecule has 1 aromatic heterocycles. The zero-order valence-electron chi connectivity index (χ0n) is 17.5. The highest BCUT2D eigenvalue weighted by atomic mass is 35.5. The highest BCUT2D eigenvalue weighted by Gasteiger charge is 2.29. The van der Waals surface area contributed by atoms with Crippen LogP contribution in [0.3, 0.4) is 0 Å². The molecule has 3 aromatic rings. The van der Waals surface area contributed by atoms with Crippen LogP contribution < -0.4 is 10.2 Å². The number of rotatable bonds is 6. The molecule has 156 valence electrons. The zero-order valence-corrected chi connectivity index (χ0v) is 18.2. The number of hydrogen-bond acceptors (Lipinski definition) is 2. The maximum absolute atomic E-state index is 13.0. The number of nitrogens with one attached hydrogen (secondary N) is 2. The minimum atomic E-state index is -0.126. The standard InChI is InChI=1S/C24H27ClN4O/c1-17-8-10-20(11-9-17)15-29-23(25)22(18(2)27-29)24(30)26-21-12-13-28(16-21)14-19-6-4-3-5-7-19/h3-11,21H,12-16H2,1-2H3,(H,26,30)/p+1/t21-/m1/s1.